The Bertz CT molecular complexity index is 1010. The van der Waals surface area contributed by atoms with Crippen LogP contribution < -0.4 is 16.3 Å². The molecule has 0 aliphatic rings. The Labute approximate surface area is 153 Å². The van der Waals surface area contributed by atoms with Crippen molar-refractivity contribution in [1.82, 2.24) is 20.3 Å². The Morgan fingerprint density at radius 1 is 1.04 bits per heavy atom. The van der Waals surface area contributed by atoms with Crippen LogP contribution in [0, 0.1) is 0 Å². The zero-order valence-corrected chi connectivity index (χ0v) is 14.4. The number of imidazole rings is 1. The molecule has 0 bridgehead atoms. The molecule has 2 heterocycles. The molecule has 0 fully saturated rings. The number of amides is 2. The molecule has 0 aliphatic carbocycles. The Kier molecular flexibility index (Phi) is 5.33. The first-order chi connectivity index (χ1) is 12.5. The minimum Gasteiger partial charge on any atom is -0.352 e. The van der Waals surface area contributed by atoms with Gasteiger partial charge in [-0.2, -0.15) is 0 Å². The lowest BCUT2D eigenvalue weighted by molar-refractivity contribution is -0.124. The standard InChI is InChI=1S/C17H16ClN5O3/c18-11-4-2-1-3-10(11)9-19-14(24)7-8-15(25)21-13-6-5-12-16(22-13)23-17(26)20-12/h1-6H,7-9H2,(H,19,24)(H3,20,21,22,23,25,26). The minimum atomic E-state index is -0.369. The van der Waals surface area contributed by atoms with E-state index in [-0.39, 0.29) is 30.3 Å². The van der Waals surface area contributed by atoms with Gasteiger partial charge < -0.3 is 15.6 Å². The first kappa shape index (κ1) is 17.7. The highest BCUT2D eigenvalue weighted by Crippen LogP contribution is 2.14. The number of H-pyrrole nitrogens is 2. The quantitative estimate of drug-likeness (QED) is 0.527. The molecule has 0 unspecified atom stereocenters. The topological polar surface area (TPSA) is 120 Å². The lowest BCUT2D eigenvalue weighted by Crippen LogP contribution is -2.24. The number of halogens is 1. The number of anilines is 1. The summed E-state index contributed by atoms with van der Waals surface area (Å²) in [6, 6.07) is 10.4. The largest absolute Gasteiger partial charge is 0.352 e. The number of aromatic amines is 2. The van der Waals surface area contributed by atoms with Crippen LogP contribution in [-0.2, 0) is 16.1 Å². The predicted molar refractivity (Wildman–Crippen MR) is 97.9 cm³/mol. The van der Waals surface area contributed by atoms with Crippen molar-refractivity contribution in [2.45, 2.75) is 19.4 Å². The van der Waals surface area contributed by atoms with E-state index in [1.807, 2.05) is 18.2 Å². The molecule has 0 spiro atoms. The van der Waals surface area contributed by atoms with E-state index in [0.717, 1.165) is 5.56 Å². The second-order valence-corrected chi connectivity index (χ2v) is 6.00. The van der Waals surface area contributed by atoms with E-state index in [0.29, 0.717) is 28.5 Å². The second-order valence-electron chi connectivity index (χ2n) is 5.59. The zero-order chi connectivity index (χ0) is 18.5. The van der Waals surface area contributed by atoms with Crippen molar-refractivity contribution in [2.24, 2.45) is 0 Å². The fraction of sp³-hybridized carbons (Fsp3) is 0.176. The van der Waals surface area contributed by atoms with Gasteiger partial charge in [0.05, 0.1) is 5.52 Å². The van der Waals surface area contributed by atoms with Crippen molar-refractivity contribution in [3.8, 4) is 0 Å². The van der Waals surface area contributed by atoms with Gasteiger partial charge in [0.15, 0.2) is 5.65 Å². The van der Waals surface area contributed by atoms with Crippen molar-refractivity contribution >= 4 is 40.4 Å². The molecule has 134 valence electrons. The number of aromatic nitrogens is 3. The molecule has 26 heavy (non-hydrogen) atoms. The number of benzene rings is 1. The lowest BCUT2D eigenvalue weighted by atomic mass is 10.2. The van der Waals surface area contributed by atoms with Crippen LogP contribution in [-0.4, -0.2) is 26.8 Å². The minimum absolute atomic E-state index is 0.0116. The Balaban J connectivity index is 1.47. The van der Waals surface area contributed by atoms with Crippen LogP contribution in [0.3, 0.4) is 0 Å². The zero-order valence-electron chi connectivity index (χ0n) is 13.6. The lowest BCUT2D eigenvalue weighted by Gasteiger charge is -2.07. The Hall–Kier alpha value is -3.13. The van der Waals surface area contributed by atoms with Crippen LogP contribution in [0.2, 0.25) is 5.02 Å². The van der Waals surface area contributed by atoms with Gasteiger partial charge in [0.1, 0.15) is 5.82 Å². The van der Waals surface area contributed by atoms with Crippen LogP contribution in [0.15, 0.2) is 41.2 Å². The van der Waals surface area contributed by atoms with Crippen molar-refractivity contribution in [1.29, 1.82) is 0 Å². The van der Waals surface area contributed by atoms with Gasteiger partial charge in [0.2, 0.25) is 11.8 Å². The van der Waals surface area contributed by atoms with Gasteiger partial charge in [-0.25, -0.2) is 9.78 Å². The molecule has 3 rings (SSSR count). The summed E-state index contributed by atoms with van der Waals surface area (Å²) in [5, 5.41) is 5.90. The van der Waals surface area contributed by atoms with Gasteiger partial charge in [0.25, 0.3) is 0 Å². The molecule has 0 radical (unpaired) electrons. The normalized spacial score (nSPS) is 10.7. The van der Waals surface area contributed by atoms with Gasteiger partial charge >= 0.3 is 5.69 Å². The molecule has 2 aromatic heterocycles. The summed E-state index contributed by atoms with van der Waals surface area (Å²) in [5.41, 5.74) is 1.34. The molecule has 3 aromatic rings. The maximum atomic E-state index is 12.0. The molecule has 0 aliphatic heterocycles. The summed E-state index contributed by atoms with van der Waals surface area (Å²) in [4.78, 5) is 44.2. The van der Waals surface area contributed by atoms with E-state index >= 15 is 0 Å². The van der Waals surface area contributed by atoms with E-state index in [1.54, 1.807) is 18.2 Å². The van der Waals surface area contributed by atoms with Crippen LogP contribution in [0.5, 0.6) is 0 Å². The van der Waals surface area contributed by atoms with Crippen molar-refractivity contribution in [3.05, 3.63) is 57.5 Å². The van der Waals surface area contributed by atoms with E-state index in [2.05, 4.69) is 25.6 Å². The van der Waals surface area contributed by atoms with Gasteiger partial charge in [-0.05, 0) is 23.8 Å². The summed E-state index contributed by atoms with van der Waals surface area (Å²) < 4.78 is 0. The molecule has 0 atom stereocenters. The number of pyridine rings is 1. The molecule has 0 saturated heterocycles. The van der Waals surface area contributed by atoms with Gasteiger partial charge in [-0.1, -0.05) is 29.8 Å². The second kappa shape index (κ2) is 7.83. The van der Waals surface area contributed by atoms with E-state index in [1.165, 1.54) is 0 Å². The molecule has 8 nitrogen and oxygen atoms in total. The number of hydrogen-bond acceptors (Lipinski definition) is 4. The van der Waals surface area contributed by atoms with Gasteiger partial charge in [0, 0.05) is 24.4 Å². The van der Waals surface area contributed by atoms with Crippen molar-refractivity contribution < 1.29 is 9.59 Å². The number of nitrogens with zero attached hydrogens (tertiary/aromatic N) is 1. The van der Waals surface area contributed by atoms with Gasteiger partial charge in [-0.15, -0.1) is 0 Å². The van der Waals surface area contributed by atoms with Crippen molar-refractivity contribution in [3.63, 3.8) is 0 Å². The Morgan fingerprint density at radius 2 is 1.81 bits per heavy atom. The summed E-state index contributed by atoms with van der Waals surface area (Å²) in [5.74, 6) is -0.296. The highest BCUT2D eigenvalue weighted by atomic mass is 35.5. The third-order valence-electron chi connectivity index (χ3n) is 3.66. The average Bonchev–Trinajstić information content (AvgIpc) is 2.98. The average molecular weight is 374 g/mol. The molecule has 2 amide bonds. The third kappa shape index (κ3) is 4.48. The summed E-state index contributed by atoms with van der Waals surface area (Å²) in [7, 11) is 0. The molecule has 4 N–H and O–H groups in total. The highest BCUT2D eigenvalue weighted by Gasteiger charge is 2.09. The van der Waals surface area contributed by atoms with Crippen LogP contribution >= 0.6 is 11.6 Å². The smallest absolute Gasteiger partial charge is 0.325 e. The number of fused-ring (bicyclic) bond motifs is 1. The monoisotopic (exact) mass is 373 g/mol. The molecule has 1 aromatic carbocycles. The van der Waals surface area contributed by atoms with E-state index < -0.39 is 0 Å². The number of rotatable bonds is 6. The number of carbonyl (C=O) groups excluding carboxylic acids is 2. The van der Waals surface area contributed by atoms with Crippen molar-refractivity contribution in [2.75, 3.05) is 5.32 Å². The number of hydrogen-bond donors (Lipinski definition) is 4. The fourth-order valence-electron chi connectivity index (χ4n) is 2.34. The van der Waals surface area contributed by atoms with E-state index in [4.69, 9.17) is 11.6 Å². The first-order valence-electron chi connectivity index (χ1n) is 7.90. The Morgan fingerprint density at radius 3 is 2.62 bits per heavy atom. The highest BCUT2D eigenvalue weighted by molar-refractivity contribution is 6.31. The molecule has 9 heteroatoms. The van der Waals surface area contributed by atoms with E-state index in [9.17, 15) is 14.4 Å². The first-order valence-corrected chi connectivity index (χ1v) is 8.28. The SMILES string of the molecule is O=C(CCC(=O)Nc1ccc2[nH]c(=O)[nH]c2n1)NCc1ccccc1Cl. The predicted octanol–water partition coefficient (Wildman–Crippen LogP) is 1.94. The molecular weight excluding hydrogens is 358 g/mol. The number of nitrogens with one attached hydrogen (secondary N) is 4. The third-order valence-corrected chi connectivity index (χ3v) is 4.02. The van der Waals surface area contributed by atoms with Crippen LogP contribution in [0.4, 0.5) is 5.82 Å². The molecule has 0 saturated carbocycles. The number of carbonyl (C=O) groups is 2. The summed E-state index contributed by atoms with van der Waals surface area (Å²) in [6.07, 6.45) is 0.0528. The van der Waals surface area contributed by atoms with Gasteiger partial charge in [-0.3, -0.25) is 14.6 Å². The van der Waals surface area contributed by atoms with Crippen LogP contribution in [0.1, 0.15) is 18.4 Å². The van der Waals surface area contributed by atoms with Crippen LogP contribution in [0.25, 0.3) is 11.2 Å². The fourth-order valence-corrected chi connectivity index (χ4v) is 2.54. The summed E-state index contributed by atoms with van der Waals surface area (Å²) in [6.45, 7) is 0.305. The summed E-state index contributed by atoms with van der Waals surface area (Å²) >= 11 is 6.02. The molecular formula is C17H16ClN5O3. The maximum Gasteiger partial charge on any atom is 0.325 e. The maximum absolute atomic E-state index is 12.0.